The highest BCUT2D eigenvalue weighted by Gasteiger charge is 2.25. The molecule has 1 aromatic heterocycles. The van der Waals surface area contributed by atoms with E-state index in [2.05, 4.69) is 9.71 Å². The molecular formula is C11H17N3O2S2. The molecule has 1 N–H and O–H groups in total. The molecule has 0 radical (unpaired) electrons. The average Bonchev–Trinajstić information content (AvgIpc) is 2.66. The Morgan fingerprint density at radius 3 is 2.56 bits per heavy atom. The summed E-state index contributed by atoms with van der Waals surface area (Å²) in [5.74, 6) is 0. The number of nitriles is 1. The predicted molar refractivity (Wildman–Crippen MR) is 73.0 cm³/mol. The van der Waals surface area contributed by atoms with Gasteiger partial charge in [-0.2, -0.15) is 5.26 Å². The van der Waals surface area contributed by atoms with Gasteiger partial charge < -0.3 is 0 Å². The lowest BCUT2D eigenvalue weighted by Gasteiger charge is -2.14. The van der Waals surface area contributed by atoms with Crippen LogP contribution in [0.25, 0.3) is 0 Å². The lowest BCUT2D eigenvalue weighted by molar-refractivity contribution is 0.573. The Morgan fingerprint density at radius 2 is 2.17 bits per heavy atom. The molecular weight excluding hydrogens is 270 g/mol. The fraction of sp³-hybridized carbons (Fsp3) is 0.636. The number of anilines is 1. The minimum absolute atomic E-state index is 0.125. The number of hydrogen-bond donors (Lipinski definition) is 1. The molecule has 0 aliphatic rings. The Morgan fingerprint density at radius 1 is 1.56 bits per heavy atom. The van der Waals surface area contributed by atoms with Crippen LogP contribution in [0.5, 0.6) is 0 Å². The van der Waals surface area contributed by atoms with Crippen molar-refractivity contribution in [3.8, 4) is 6.07 Å². The molecule has 0 fully saturated rings. The van der Waals surface area contributed by atoms with Crippen LogP contribution in [0.1, 0.15) is 39.8 Å². The summed E-state index contributed by atoms with van der Waals surface area (Å²) in [5.41, 5.74) is 0.703. The standard InChI is InChI=1S/C11H17N3O2S2/c1-5-8(6-12)18(15,16)14-10-13-9(7-17-10)11(2,3)4/h7-8H,5H2,1-4H3,(H,13,14). The second kappa shape index (κ2) is 5.24. The van der Waals surface area contributed by atoms with Gasteiger partial charge in [0.2, 0.25) is 0 Å². The summed E-state index contributed by atoms with van der Waals surface area (Å²) >= 11 is 1.23. The van der Waals surface area contributed by atoms with Gasteiger partial charge in [-0.1, -0.05) is 27.7 Å². The first kappa shape index (κ1) is 14.9. The average molecular weight is 287 g/mol. The minimum atomic E-state index is -3.67. The molecule has 0 aliphatic heterocycles. The van der Waals surface area contributed by atoms with Gasteiger partial charge in [0, 0.05) is 10.8 Å². The van der Waals surface area contributed by atoms with Crippen LogP contribution in [-0.4, -0.2) is 18.7 Å². The highest BCUT2D eigenvalue weighted by atomic mass is 32.2. The molecule has 1 rings (SSSR count). The van der Waals surface area contributed by atoms with Gasteiger partial charge in [0.1, 0.15) is 0 Å². The van der Waals surface area contributed by atoms with Crippen molar-refractivity contribution in [1.29, 1.82) is 5.26 Å². The molecule has 100 valence electrons. The third-order valence-electron chi connectivity index (χ3n) is 2.39. The summed E-state index contributed by atoms with van der Waals surface area (Å²) in [4.78, 5) is 4.24. The van der Waals surface area contributed by atoms with E-state index in [4.69, 9.17) is 5.26 Å². The lowest BCUT2D eigenvalue weighted by atomic mass is 9.93. The number of aromatic nitrogens is 1. The number of sulfonamides is 1. The molecule has 0 amide bonds. The van der Waals surface area contributed by atoms with Crippen LogP contribution in [0.4, 0.5) is 5.13 Å². The van der Waals surface area contributed by atoms with E-state index in [1.807, 2.05) is 26.2 Å². The Bertz CT molecular complexity index is 550. The van der Waals surface area contributed by atoms with Crippen LogP contribution in [0.15, 0.2) is 5.38 Å². The summed E-state index contributed by atoms with van der Waals surface area (Å²) < 4.78 is 26.1. The van der Waals surface area contributed by atoms with Crippen molar-refractivity contribution < 1.29 is 8.42 Å². The van der Waals surface area contributed by atoms with E-state index in [-0.39, 0.29) is 11.8 Å². The molecule has 0 saturated heterocycles. The van der Waals surface area contributed by atoms with Crippen LogP contribution in [0, 0.1) is 11.3 Å². The van der Waals surface area contributed by atoms with Gasteiger partial charge in [-0.05, 0) is 6.42 Å². The van der Waals surface area contributed by atoms with Crippen LogP contribution in [0.2, 0.25) is 0 Å². The molecule has 0 spiro atoms. The van der Waals surface area contributed by atoms with Gasteiger partial charge in [-0.25, -0.2) is 13.4 Å². The summed E-state index contributed by atoms with van der Waals surface area (Å²) in [5, 5.41) is 9.88. The van der Waals surface area contributed by atoms with Crippen molar-refractivity contribution in [3.63, 3.8) is 0 Å². The first-order valence-corrected chi connectivity index (χ1v) is 8.00. The normalized spacial score (nSPS) is 13.9. The molecule has 7 heteroatoms. The molecule has 5 nitrogen and oxygen atoms in total. The van der Waals surface area contributed by atoms with Gasteiger partial charge >= 0.3 is 0 Å². The fourth-order valence-electron chi connectivity index (χ4n) is 1.24. The molecule has 0 aromatic carbocycles. The third-order valence-corrected chi connectivity index (χ3v) is 4.94. The first-order chi connectivity index (χ1) is 8.20. The van der Waals surface area contributed by atoms with Crippen LogP contribution >= 0.6 is 11.3 Å². The first-order valence-electron chi connectivity index (χ1n) is 5.58. The SMILES string of the molecule is CCC(C#N)S(=O)(=O)Nc1nc(C(C)(C)C)cs1. The van der Waals surface area contributed by atoms with E-state index >= 15 is 0 Å². The Labute approximate surface area is 112 Å². The predicted octanol–water partition coefficient (Wildman–Crippen LogP) is 2.48. The molecule has 1 heterocycles. The molecule has 0 bridgehead atoms. The number of nitrogens with one attached hydrogen (secondary N) is 1. The van der Waals surface area contributed by atoms with Crippen LogP contribution in [0.3, 0.4) is 0 Å². The zero-order chi connectivity index (χ0) is 14.0. The second-order valence-electron chi connectivity index (χ2n) is 4.96. The Kier molecular flexibility index (Phi) is 4.35. The summed E-state index contributed by atoms with van der Waals surface area (Å²) in [6.45, 7) is 7.68. The van der Waals surface area contributed by atoms with Crippen molar-refractivity contribution in [2.24, 2.45) is 0 Å². The third kappa shape index (κ3) is 3.43. The highest BCUT2D eigenvalue weighted by molar-refractivity contribution is 7.93. The second-order valence-corrected chi connectivity index (χ2v) is 7.68. The van der Waals surface area contributed by atoms with Gasteiger partial charge in [0.05, 0.1) is 11.8 Å². The smallest absolute Gasteiger partial charge is 0.250 e. The molecule has 0 aliphatic carbocycles. The maximum atomic E-state index is 11.9. The van der Waals surface area contributed by atoms with E-state index in [9.17, 15) is 8.42 Å². The van der Waals surface area contributed by atoms with Crippen LogP contribution < -0.4 is 4.72 Å². The Hall–Kier alpha value is -1.13. The summed E-state index contributed by atoms with van der Waals surface area (Å²) in [6.07, 6.45) is 0.253. The monoisotopic (exact) mass is 287 g/mol. The van der Waals surface area contributed by atoms with E-state index in [0.717, 1.165) is 5.69 Å². The van der Waals surface area contributed by atoms with Gasteiger partial charge in [0.15, 0.2) is 10.4 Å². The zero-order valence-corrected chi connectivity index (χ0v) is 12.5. The van der Waals surface area contributed by atoms with E-state index in [1.54, 1.807) is 13.0 Å². The largest absolute Gasteiger partial charge is 0.258 e. The van der Waals surface area contributed by atoms with Gasteiger partial charge in [0.25, 0.3) is 10.0 Å². The molecule has 1 unspecified atom stereocenters. The van der Waals surface area contributed by atoms with Gasteiger partial charge in [-0.3, -0.25) is 4.72 Å². The van der Waals surface area contributed by atoms with Crippen molar-refractivity contribution in [1.82, 2.24) is 4.98 Å². The number of rotatable bonds is 4. The molecule has 1 aromatic rings. The minimum Gasteiger partial charge on any atom is -0.258 e. The number of hydrogen-bond acceptors (Lipinski definition) is 5. The van der Waals surface area contributed by atoms with Crippen molar-refractivity contribution >= 4 is 26.5 Å². The van der Waals surface area contributed by atoms with E-state index in [0.29, 0.717) is 5.13 Å². The maximum Gasteiger partial charge on any atom is 0.250 e. The van der Waals surface area contributed by atoms with Crippen molar-refractivity contribution in [2.45, 2.75) is 44.8 Å². The lowest BCUT2D eigenvalue weighted by Crippen LogP contribution is -2.26. The highest BCUT2D eigenvalue weighted by Crippen LogP contribution is 2.27. The molecule has 0 saturated carbocycles. The number of nitrogens with zero attached hydrogens (tertiary/aromatic N) is 2. The van der Waals surface area contributed by atoms with Crippen molar-refractivity contribution in [3.05, 3.63) is 11.1 Å². The van der Waals surface area contributed by atoms with E-state index in [1.165, 1.54) is 11.3 Å². The molecule has 1 atom stereocenters. The quantitative estimate of drug-likeness (QED) is 0.922. The van der Waals surface area contributed by atoms with Crippen molar-refractivity contribution in [2.75, 3.05) is 4.72 Å². The number of thiazole rings is 1. The summed E-state index contributed by atoms with van der Waals surface area (Å²) in [6, 6.07) is 1.78. The van der Waals surface area contributed by atoms with E-state index < -0.39 is 15.3 Å². The fourth-order valence-corrected chi connectivity index (χ4v) is 3.57. The topological polar surface area (TPSA) is 82.8 Å². The summed E-state index contributed by atoms with van der Waals surface area (Å²) in [7, 11) is -3.67. The van der Waals surface area contributed by atoms with Gasteiger partial charge in [-0.15, -0.1) is 11.3 Å². The van der Waals surface area contributed by atoms with Crippen LogP contribution in [-0.2, 0) is 15.4 Å². The maximum absolute atomic E-state index is 11.9. The molecule has 18 heavy (non-hydrogen) atoms. The Balaban J connectivity index is 2.93. The zero-order valence-electron chi connectivity index (χ0n) is 10.9.